The van der Waals surface area contributed by atoms with E-state index in [2.05, 4.69) is 4.90 Å². The van der Waals surface area contributed by atoms with Gasteiger partial charge < -0.3 is 19.3 Å². The molecule has 1 fully saturated rings. The fourth-order valence-electron chi connectivity index (χ4n) is 4.04. The Morgan fingerprint density at radius 2 is 1.73 bits per heavy atom. The van der Waals surface area contributed by atoms with Crippen LogP contribution in [0.15, 0.2) is 54.6 Å². The van der Waals surface area contributed by atoms with Crippen molar-refractivity contribution < 1.29 is 24.1 Å². The maximum atomic E-state index is 11.9. The number of nitrogens with zero attached hydrogens (tertiary/aromatic N) is 1. The molecular formula is C24H25NO5. The van der Waals surface area contributed by atoms with Crippen molar-refractivity contribution in [2.45, 2.75) is 6.04 Å². The van der Waals surface area contributed by atoms with Crippen LogP contribution in [0.5, 0.6) is 11.5 Å². The van der Waals surface area contributed by atoms with Gasteiger partial charge in [-0.05, 0) is 46.7 Å². The molecule has 1 aliphatic rings. The second kappa shape index (κ2) is 8.73. The smallest absolute Gasteiger partial charge is 0.337 e. The largest absolute Gasteiger partial charge is 0.508 e. The van der Waals surface area contributed by atoms with E-state index in [9.17, 15) is 9.90 Å². The average Bonchev–Trinajstić information content (AvgIpc) is 2.81. The molecule has 156 valence electrons. The lowest BCUT2D eigenvalue weighted by Gasteiger charge is -2.36. The fourth-order valence-corrected chi connectivity index (χ4v) is 4.04. The number of phenols is 1. The molecule has 1 saturated heterocycles. The van der Waals surface area contributed by atoms with Gasteiger partial charge >= 0.3 is 5.97 Å². The van der Waals surface area contributed by atoms with Crippen LogP contribution in [0.25, 0.3) is 10.8 Å². The van der Waals surface area contributed by atoms with Crippen LogP contribution in [0.1, 0.15) is 27.5 Å². The Morgan fingerprint density at radius 1 is 1.03 bits per heavy atom. The number of hydrogen-bond donors (Lipinski definition) is 1. The van der Waals surface area contributed by atoms with Crippen molar-refractivity contribution in [3.05, 3.63) is 71.3 Å². The summed E-state index contributed by atoms with van der Waals surface area (Å²) >= 11 is 0. The first-order valence-corrected chi connectivity index (χ1v) is 9.92. The minimum Gasteiger partial charge on any atom is -0.508 e. The lowest BCUT2D eigenvalue weighted by Crippen LogP contribution is -2.39. The summed E-state index contributed by atoms with van der Waals surface area (Å²) in [6.07, 6.45) is 0. The van der Waals surface area contributed by atoms with Crippen molar-refractivity contribution in [3.63, 3.8) is 0 Å². The summed E-state index contributed by atoms with van der Waals surface area (Å²) in [5, 5.41) is 12.9. The molecule has 0 saturated carbocycles. The summed E-state index contributed by atoms with van der Waals surface area (Å²) < 4.78 is 15.8. The summed E-state index contributed by atoms with van der Waals surface area (Å²) in [6, 6.07) is 16.7. The van der Waals surface area contributed by atoms with E-state index in [0.29, 0.717) is 18.8 Å². The number of benzene rings is 3. The second-order valence-electron chi connectivity index (χ2n) is 7.25. The Hall–Kier alpha value is -3.09. The van der Waals surface area contributed by atoms with Gasteiger partial charge in [-0.25, -0.2) is 4.79 Å². The summed E-state index contributed by atoms with van der Waals surface area (Å²) in [5.41, 5.74) is 2.29. The third-order valence-electron chi connectivity index (χ3n) is 5.58. The SMILES string of the molecule is COC(=O)c1ccc([C@H](c2c(O)ccc3ccc(OC)cc23)N2CCOCC2)cc1. The minimum atomic E-state index is -0.373. The molecule has 3 aromatic carbocycles. The van der Waals surface area contributed by atoms with Crippen LogP contribution in [0.2, 0.25) is 0 Å². The zero-order valence-electron chi connectivity index (χ0n) is 17.1. The highest BCUT2D eigenvalue weighted by Crippen LogP contribution is 2.40. The molecular weight excluding hydrogens is 382 g/mol. The molecule has 30 heavy (non-hydrogen) atoms. The van der Waals surface area contributed by atoms with Crippen molar-refractivity contribution >= 4 is 16.7 Å². The lowest BCUT2D eigenvalue weighted by atomic mass is 9.90. The first kappa shape index (κ1) is 20.2. The molecule has 1 heterocycles. The number of morpholine rings is 1. The fraction of sp³-hybridized carbons (Fsp3) is 0.292. The van der Waals surface area contributed by atoms with Crippen molar-refractivity contribution in [3.8, 4) is 11.5 Å². The van der Waals surface area contributed by atoms with E-state index >= 15 is 0 Å². The Labute approximate surface area is 175 Å². The maximum absolute atomic E-state index is 11.9. The maximum Gasteiger partial charge on any atom is 0.337 e. The van der Waals surface area contributed by atoms with Crippen LogP contribution in [0, 0.1) is 0 Å². The molecule has 1 N–H and O–H groups in total. The van der Waals surface area contributed by atoms with E-state index in [1.54, 1.807) is 25.3 Å². The number of methoxy groups -OCH3 is 2. The molecule has 6 heteroatoms. The molecule has 1 aliphatic heterocycles. The van der Waals surface area contributed by atoms with E-state index in [-0.39, 0.29) is 17.8 Å². The standard InChI is InChI=1S/C24H25NO5/c1-28-19-9-7-16-8-10-21(26)22(20(16)15-19)23(25-11-13-30-14-12-25)17-3-5-18(6-4-17)24(27)29-2/h3-10,15,23,26H,11-14H2,1-2H3/t23-/m1/s1. The highest BCUT2D eigenvalue weighted by Gasteiger charge is 2.28. The lowest BCUT2D eigenvalue weighted by molar-refractivity contribution is 0.0238. The third-order valence-corrected chi connectivity index (χ3v) is 5.58. The van der Waals surface area contributed by atoms with Crippen LogP contribution in [0.3, 0.4) is 0 Å². The van der Waals surface area contributed by atoms with Crippen molar-refractivity contribution in [1.29, 1.82) is 0 Å². The predicted octanol–water partition coefficient (Wildman–Crippen LogP) is 3.76. The zero-order chi connectivity index (χ0) is 21.1. The van der Waals surface area contributed by atoms with Gasteiger partial charge in [0, 0.05) is 18.7 Å². The number of aromatic hydroxyl groups is 1. The molecule has 0 spiro atoms. The molecule has 0 aliphatic carbocycles. The number of ether oxygens (including phenoxy) is 3. The Balaban J connectivity index is 1.88. The first-order valence-electron chi connectivity index (χ1n) is 9.92. The van der Waals surface area contributed by atoms with E-state index in [1.165, 1.54) is 7.11 Å². The number of hydrogen-bond acceptors (Lipinski definition) is 6. The molecule has 0 unspecified atom stereocenters. The van der Waals surface area contributed by atoms with Crippen LogP contribution in [-0.4, -0.2) is 56.5 Å². The first-order chi connectivity index (χ1) is 14.6. The molecule has 0 amide bonds. The Morgan fingerprint density at radius 3 is 2.40 bits per heavy atom. The average molecular weight is 407 g/mol. The van der Waals surface area contributed by atoms with Crippen LogP contribution in [0.4, 0.5) is 0 Å². The molecule has 0 aromatic heterocycles. The van der Waals surface area contributed by atoms with E-state index < -0.39 is 0 Å². The van der Waals surface area contributed by atoms with Gasteiger partial charge in [0.05, 0.1) is 39.0 Å². The highest BCUT2D eigenvalue weighted by molar-refractivity contribution is 5.90. The summed E-state index contributed by atoms with van der Waals surface area (Å²) in [7, 11) is 3.00. The van der Waals surface area contributed by atoms with Crippen molar-refractivity contribution in [1.82, 2.24) is 4.90 Å². The number of carbonyl (C=O) groups excluding carboxylic acids is 1. The summed E-state index contributed by atoms with van der Waals surface area (Å²) in [4.78, 5) is 14.2. The predicted molar refractivity (Wildman–Crippen MR) is 114 cm³/mol. The van der Waals surface area contributed by atoms with Gasteiger partial charge in [-0.2, -0.15) is 0 Å². The third kappa shape index (κ3) is 3.84. The van der Waals surface area contributed by atoms with E-state index in [0.717, 1.165) is 40.7 Å². The number of esters is 1. The van der Waals surface area contributed by atoms with Gasteiger partial charge in [-0.3, -0.25) is 4.90 Å². The number of phenolic OH excluding ortho intramolecular Hbond substituents is 1. The van der Waals surface area contributed by atoms with Gasteiger partial charge in [0.2, 0.25) is 0 Å². The topological polar surface area (TPSA) is 68.2 Å². The second-order valence-corrected chi connectivity index (χ2v) is 7.25. The Kier molecular flexibility index (Phi) is 5.88. The van der Waals surface area contributed by atoms with Crippen LogP contribution < -0.4 is 4.74 Å². The van der Waals surface area contributed by atoms with Gasteiger partial charge in [-0.1, -0.05) is 24.3 Å². The molecule has 3 aromatic rings. The number of rotatable bonds is 5. The number of fused-ring (bicyclic) bond motifs is 1. The normalized spacial score (nSPS) is 15.7. The van der Waals surface area contributed by atoms with Gasteiger partial charge in [0.15, 0.2) is 0 Å². The van der Waals surface area contributed by atoms with Crippen LogP contribution in [-0.2, 0) is 9.47 Å². The molecule has 0 bridgehead atoms. The monoisotopic (exact) mass is 407 g/mol. The van der Waals surface area contributed by atoms with E-state index in [1.807, 2.05) is 36.4 Å². The number of carbonyl (C=O) groups is 1. The minimum absolute atomic E-state index is 0.198. The van der Waals surface area contributed by atoms with Gasteiger partial charge in [0.25, 0.3) is 0 Å². The molecule has 6 nitrogen and oxygen atoms in total. The van der Waals surface area contributed by atoms with E-state index in [4.69, 9.17) is 14.2 Å². The highest BCUT2D eigenvalue weighted by atomic mass is 16.5. The summed E-state index contributed by atoms with van der Waals surface area (Å²) in [6.45, 7) is 2.74. The molecule has 4 rings (SSSR count). The summed E-state index contributed by atoms with van der Waals surface area (Å²) in [5.74, 6) is 0.586. The van der Waals surface area contributed by atoms with Crippen molar-refractivity contribution in [2.24, 2.45) is 0 Å². The van der Waals surface area contributed by atoms with Crippen molar-refractivity contribution in [2.75, 3.05) is 40.5 Å². The van der Waals surface area contributed by atoms with Gasteiger partial charge in [-0.15, -0.1) is 0 Å². The molecule has 0 radical (unpaired) electrons. The molecule has 1 atom stereocenters. The quantitative estimate of drug-likeness (QED) is 0.650. The van der Waals surface area contributed by atoms with Gasteiger partial charge in [0.1, 0.15) is 11.5 Å². The zero-order valence-corrected chi connectivity index (χ0v) is 17.1. The Bertz CT molecular complexity index is 1040. The van der Waals surface area contributed by atoms with Crippen LogP contribution >= 0.6 is 0 Å².